The monoisotopic (exact) mass is 644 g/mol. The summed E-state index contributed by atoms with van der Waals surface area (Å²) in [6.45, 7) is 11.8. The van der Waals surface area contributed by atoms with Gasteiger partial charge in [0.15, 0.2) is 0 Å². The lowest BCUT2D eigenvalue weighted by Gasteiger charge is -2.37. The first-order valence-corrected chi connectivity index (χ1v) is 16.0. The Kier molecular flexibility index (Phi) is 9.11. The second-order valence-electron chi connectivity index (χ2n) is 12.9. The molecule has 6 rings (SSSR count). The van der Waals surface area contributed by atoms with Crippen molar-refractivity contribution >= 4 is 35.0 Å². The summed E-state index contributed by atoms with van der Waals surface area (Å²) in [5.74, 6) is 0.188. The van der Waals surface area contributed by atoms with E-state index in [1.165, 1.54) is 0 Å². The predicted molar refractivity (Wildman–Crippen MR) is 188 cm³/mol. The number of nitrogens with zero attached hydrogens (tertiary/aromatic N) is 6. The van der Waals surface area contributed by atoms with Crippen molar-refractivity contribution in [2.45, 2.75) is 40.2 Å². The highest BCUT2D eigenvalue weighted by Gasteiger charge is 2.26. The number of carbonyl (C=O) groups is 2. The molecule has 3 aromatic carbocycles. The van der Waals surface area contributed by atoms with Crippen LogP contribution < -0.4 is 15.5 Å². The molecular formula is C37H40N8O3. The molecule has 1 aliphatic rings. The zero-order valence-corrected chi connectivity index (χ0v) is 27.9. The zero-order chi connectivity index (χ0) is 33.8. The van der Waals surface area contributed by atoms with Crippen LogP contribution in [0.25, 0.3) is 16.9 Å². The Morgan fingerprint density at radius 3 is 2.31 bits per heavy atom. The van der Waals surface area contributed by atoms with E-state index in [0.717, 1.165) is 39.6 Å². The highest BCUT2D eigenvalue weighted by atomic mass is 16.6. The van der Waals surface area contributed by atoms with Crippen molar-refractivity contribution in [1.29, 1.82) is 0 Å². The maximum absolute atomic E-state index is 13.7. The quantitative estimate of drug-likeness (QED) is 0.195. The van der Waals surface area contributed by atoms with E-state index in [1.807, 2.05) is 106 Å². The molecule has 0 radical (unpaired) electrons. The van der Waals surface area contributed by atoms with E-state index in [9.17, 15) is 9.59 Å². The van der Waals surface area contributed by atoms with Crippen LogP contribution in [-0.2, 0) is 4.74 Å². The number of imidazole rings is 1. The molecule has 3 heterocycles. The summed E-state index contributed by atoms with van der Waals surface area (Å²) in [4.78, 5) is 43.8. The molecule has 48 heavy (non-hydrogen) atoms. The summed E-state index contributed by atoms with van der Waals surface area (Å²) in [5, 5.41) is 6.40. The molecule has 1 aliphatic heterocycles. The third kappa shape index (κ3) is 7.80. The third-order valence-corrected chi connectivity index (χ3v) is 7.94. The normalized spacial score (nSPS) is 13.3. The second kappa shape index (κ2) is 13.6. The van der Waals surface area contributed by atoms with Crippen LogP contribution in [0.1, 0.15) is 42.4 Å². The number of rotatable bonds is 7. The lowest BCUT2D eigenvalue weighted by atomic mass is 10.1. The lowest BCUT2D eigenvalue weighted by Crippen LogP contribution is -2.50. The fraction of sp³-hybridized carbons (Fsp3) is 0.270. The summed E-state index contributed by atoms with van der Waals surface area (Å²) in [7, 11) is 0. The predicted octanol–water partition coefficient (Wildman–Crippen LogP) is 7.00. The summed E-state index contributed by atoms with van der Waals surface area (Å²) < 4.78 is 7.51. The number of ether oxygens (including phenoxy) is 1. The molecule has 0 saturated carbocycles. The van der Waals surface area contributed by atoms with Gasteiger partial charge in [-0.05, 0) is 76.6 Å². The standard InChI is InChI=1S/C37H40N8O3/c1-25-11-12-28(19-33(25)42-35-38-14-13-32(41-35)27-9-7-6-8-10-27)34(46)40-29-20-30(22-31(21-29)45-23-26(2)39-24-45)43-15-17-44(18-16-43)36(47)48-37(3,4)5/h6-14,19-24H,15-18H2,1-5H3,(H,40,46)(H,38,41,42). The van der Waals surface area contributed by atoms with Gasteiger partial charge in [0.1, 0.15) is 5.60 Å². The molecule has 11 heteroatoms. The highest BCUT2D eigenvalue weighted by Crippen LogP contribution is 2.28. The average molecular weight is 645 g/mol. The zero-order valence-electron chi connectivity index (χ0n) is 27.9. The largest absolute Gasteiger partial charge is 0.444 e. The minimum atomic E-state index is -0.548. The Morgan fingerprint density at radius 1 is 0.854 bits per heavy atom. The van der Waals surface area contributed by atoms with Crippen LogP contribution in [-0.4, -0.2) is 68.2 Å². The summed E-state index contributed by atoms with van der Waals surface area (Å²) in [5.41, 5.74) is 6.73. The van der Waals surface area contributed by atoms with E-state index in [-0.39, 0.29) is 12.0 Å². The first-order valence-electron chi connectivity index (χ1n) is 16.0. The number of aromatic nitrogens is 4. The minimum absolute atomic E-state index is 0.253. The number of piperazine rings is 1. The van der Waals surface area contributed by atoms with Crippen molar-refractivity contribution in [1.82, 2.24) is 24.4 Å². The van der Waals surface area contributed by atoms with E-state index in [1.54, 1.807) is 23.5 Å². The fourth-order valence-electron chi connectivity index (χ4n) is 5.45. The van der Waals surface area contributed by atoms with Crippen molar-refractivity contribution < 1.29 is 14.3 Å². The Hall–Kier alpha value is -5.71. The van der Waals surface area contributed by atoms with Crippen LogP contribution in [0.15, 0.2) is 91.5 Å². The molecule has 2 N–H and O–H groups in total. The van der Waals surface area contributed by atoms with Gasteiger partial charge in [0.05, 0.1) is 23.4 Å². The highest BCUT2D eigenvalue weighted by molar-refractivity contribution is 6.05. The van der Waals surface area contributed by atoms with Gasteiger partial charge in [-0.2, -0.15) is 0 Å². The average Bonchev–Trinajstić information content (AvgIpc) is 3.51. The number of hydrogen-bond donors (Lipinski definition) is 2. The molecule has 2 aromatic heterocycles. The molecule has 5 aromatic rings. The Balaban J connectivity index is 1.21. The number of hydrogen-bond acceptors (Lipinski definition) is 8. The number of nitrogens with one attached hydrogen (secondary N) is 2. The molecule has 0 unspecified atom stereocenters. The van der Waals surface area contributed by atoms with Crippen LogP contribution in [0.5, 0.6) is 0 Å². The van der Waals surface area contributed by atoms with Gasteiger partial charge in [0.2, 0.25) is 5.95 Å². The third-order valence-electron chi connectivity index (χ3n) is 7.94. The number of aryl methyl sites for hydroxylation is 2. The van der Waals surface area contributed by atoms with E-state index in [4.69, 9.17) is 4.74 Å². The number of amides is 2. The van der Waals surface area contributed by atoms with E-state index in [0.29, 0.717) is 43.4 Å². The molecule has 0 atom stereocenters. The van der Waals surface area contributed by atoms with Crippen molar-refractivity contribution in [2.24, 2.45) is 0 Å². The molecule has 0 bridgehead atoms. The lowest BCUT2D eigenvalue weighted by molar-refractivity contribution is 0.0240. The SMILES string of the molecule is Cc1cn(-c2cc(NC(=O)c3ccc(C)c(Nc4nccc(-c5ccccc5)n4)c3)cc(N3CCN(C(=O)OC(C)(C)C)CC3)c2)cn1. The van der Waals surface area contributed by atoms with Crippen molar-refractivity contribution in [3.63, 3.8) is 0 Å². The number of benzene rings is 3. The van der Waals surface area contributed by atoms with Crippen molar-refractivity contribution in [3.05, 3.63) is 108 Å². The smallest absolute Gasteiger partial charge is 0.410 e. The Bertz CT molecular complexity index is 1920. The maximum atomic E-state index is 13.7. The van der Waals surface area contributed by atoms with Crippen molar-refractivity contribution in [2.75, 3.05) is 41.7 Å². The van der Waals surface area contributed by atoms with E-state index < -0.39 is 5.60 Å². The maximum Gasteiger partial charge on any atom is 0.410 e. The van der Waals surface area contributed by atoms with Gasteiger partial charge < -0.3 is 29.7 Å². The first kappa shape index (κ1) is 32.2. The molecular weight excluding hydrogens is 604 g/mol. The fourth-order valence-corrected chi connectivity index (χ4v) is 5.45. The molecule has 0 aliphatic carbocycles. The van der Waals surface area contributed by atoms with Crippen LogP contribution in [0.4, 0.5) is 27.8 Å². The summed E-state index contributed by atoms with van der Waals surface area (Å²) >= 11 is 0. The first-order chi connectivity index (χ1) is 23.0. The summed E-state index contributed by atoms with van der Waals surface area (Å²) in [6.07, 6.45) is 5.11. The van der Waals surface area contributed by atoms with Gasteiger partial charge in [0, 0.05) is 66.8 Å². The minimum Gasteiger partial charge on any atom is -0.444 e. The molecule has 246 valence electrons. The van der Waals surface area contributed by atoms with Crippen LogP contribution in [0.3, 0.4) is 0 Å². The number of anilines is 4. The van der Waals surface area contributed by atoms with Gasteiger partial charge >= 0.3 is 6.09 Å². The Morgan fingerprint density at radius 2 is 1.60 bits per heavy atom. The second-order valence-corrected chi connectivity index (χ2v) is 12.9. The Labute approximate surface area is 280 Å². The van der Waals surface area contributed by atoms with Gasteiger partial charge in [-0.1, -0.05) is 36.4 Å². The van der Waals surface area contributed by atoms with Gasteiger partial charge in [-0.3, -0.25) is 4.79 Å². The summed E-state index contributed by atoms with van der Waals surface area (Å²) in [6, 6.07) is 23.2. The molecule has 0 spiro atoms. The van der Waals surface area contributed by atoms with Gasteiger partial charge in [-0.25, -0.2) is 19.7 Å². The molecule has 11 nitrogen and oxygen atoms in total. The van der Waals surface area contributed by atoms with Crippen molar-refractivity contribution in [3.8, 4) is 16.9 Å². The van der Waals surface area contributed by atoms with E-state index >= 15 is 0 Å². The van der Waals surface area contributed by atoms with Crippen LogP contribution >= 0.6 is 0 Å². The molecule has 2 amide bonds. The molecule has 1 saturated heterocycles. The topological polar surface area (TPSA) is 118 Å². The van der Waals surface area contributed by atoms with Crippen LogP contribution in [0.2, 0.25) is 0 Å². The van der Waals surface area contributed by atoms with Gasteiger partial charge in [0.25, 0.3) is 5.91 Å². The van der Waals surface area contributed by atoms with Crippen LogP contribution in [0, 0.1) is 13.8 Å². The van der Waals surface area contributed by atoms with E-state index in [2.05, 4.69) is 36.6 Å². The van der Waals surface area contributed by atoms with Gasteiger partial charge in [-0.15, -0.1) is 0 Å². The number of carbonyl (C=O) groups excluding carboxylic acids is 2. The molecule has 1 fully saturated rings.